The van der Waals surface area contributed by atoms with Crippen molar-refractivity contribution in [3.63, 3.8) is 0 Å². The first-order valence-electron chi connectivity index (χ1n) is 13.5. The number of fused-ring (bicyclic) bond motifs is 2. The molecule has 1 amide bonds. The topological polar surface area (TPSA) is 135 Å². The maximum atomic E-state index is 13.6. The van der Waals surface area contributed by atoms with Crippen molar-refractivity contribution in [3.05, 3.63) is 92.3 Å². The van der Waals surface area contributed by atoms with Gasteiger partial charge < -0.3 is 19.5 Å². The number of unbranched alkanes of at least 4 members (excludes halogenated alkanes) is 2. The number of hydrogen-bond acceptors (Lipinski definition) is 9. The molecular weight excluding hydrogens is 560 g/mol. The zero-order valence-electron chi connectivity index (χ0n) is 23.0. The Morgan fingerprint density at radius 3 is 2.48 bits per heavy atom. The van der Waals surface area contributed by atoms with Crippen LogP contribution in [0, 0.1) is 10.1 Å². The van der Waals surface area contributed by atoms with E-state index in [1.54, 1.807) is 35.9 Å². The number of thioether (sulfide) groups is 1. The second-order valence-electron chi connectivity index (χ2n) is 9.72. The number of nitro benzene ring substituents is 1. The number of ether oxygens (including phenoxy) is 3. The third-order valence-corrected chi connectivity index (χ3v) is 7.91. The van der Waals surface area contributed by atoms with Crippen molar-refractivity contribution in [2.24, 2.45) is 0 Å². The Bertz CT molecular complexity index is 1640. The van der Waals surface area contributed by atoms with Crippen LogP contribution in [0.2, 0.25) is 0 Å². The zero-order valence-corrected chi connectivity index (χ0v) is 23.9. The zero-order chi connectivity index (χ0) is 29.5. The van der Waals surface area contributed by atoms with Gasteiger partial charge in [-0.15, -0.1) is 0 Å². The van der Waals surface area contributed by atoms with Gasteiger partial charge in [-0.2, -0.15) is 0 Å². The summed E-state index contributed by atoms with van der Waals surface area (Å²) >= 11 is 1.39. The highest BCUT2D eigenvalue weighted by atomic mass is 32.2. The van der Waals surface area contributed by atoms with E-state index in [1.165, 1.54) is 23.9 Å². The van der Waals surface area contributed by atoms with E-state index < -0.39 is 4.92 Å². The number of non-ortho nitro benzene ring substituents is 1. The fraction of sp³-hybridized carbons (Fsp3) is 0.300. The average Bonchev–Trinajstić information content (AvgIpc) is 3.47. The monoisotopic (exact) mass is 590 g/mol. The van der Waals surface area contributed by atoms with Gasteiger partial charge in [0, 0.05) is 43.5 Å². The summed E-state index contributed by atoms with van der Waals surface area (Å²) < 4.78 is 17.7. The van der Waals surface area contributed by atoms with Gasteiger partial charge in [-0.05, 0) is 42.2 Å². The van der Waals surface area contributed by atoms with E-state index in [9.17, 15) is 19.7 Å². The summed E-state index contributed by atoms with van der Waals surface area (Å²) in [4.78, 5) is 41.2. The van der Waals surface area contributed by atoms with E-state index in [2.05, 4.69) is 5.32 Å². The molecule has 11 nitrogen and oxygen atoms in total. The fourth-order valence-electron chi connectivity index (χ4n) is 4.52. The maximum Gasteiger partial charge on any atom is 0.269 e. The Morgan fingerprint density at radius 1 is 1.05 bits per heavy atom. The molecule has 0 saturated carbocycles. The summed E-state index contributed by atoms with van der Waals surface area (Å²) in [6, 6.07) is 17.3. The van der Waals surface area contributed by atoms with Crippen LogP contribution in [-0.2, 0) is 23.6 Å². The van der Waals surface area contributed by atoms with Crippen LogP contribution in [0.3, 0.4) is 0 Å². The van der Waals surface area contributed by atoms with Crippen LogP contribution in [0.25, 0.3) is 10.9 Å². The predicted octanol–water partition coefficient (Wildman–Crippen LogP) is 5.21. The highest BCUT2D eigenvalue weighted by Crippen LogP contribution is 2.35. The summed E-state index contributed by atoms with van der Waals surface area (Å²) in [5.74, 6) is 2.29. The molecule has 2 heterocycles. The molecule has 0 bridgehead atoms. The molecule has 0 radical (unpaired) electrons. The molecule has 0 fully saturated rings. The number of nitrogens with one attached hydrogen (secondary N) is 1. The van der Waals surface area contributed by atoms with Gasteiger partial charge in [-0.1, -0.05) is 42.4 Å². The number of benzene rings is 3. The Hall–Kier alpha value is -4.58. The van der Waals surface area contributed by atoms with E-state index in [0.29, 0.717) is 65.7 Å². The van der Waals surface area contributed by atoms with Crippen LogP contribution in [0.15, 0.2) is 70.6 Å². The Kier molecular flexibility index (Phi) is 9.22. The number of rotatable bonds is 13. The number of amides is 1. The number of methoxy groups -OCH3 is 1. The Morgan fingerprint density at radius 2 is 1.76 bits per heavy atom. The van der Waals surface area contributed by atoms with Crippen LogP contribution in [0.5, 0.6) is 17.2 Å². The first-order chi connectivity index (χ1) is 20.4. The van der Waals surface area contributed by atoms with Gasteiger partial charge in [0.05, 0.1) is 22.9 Å². The van der Waals surface area contributed by atoms with Crippen LogP contribution >= 0.6 is 11.8 Å². The third kappa shape index (κ3) is 7.00. The van der Waals surface area contributed by atoms with Gasteiger partial charge in [0.2, 0.25) is 12.7 Å². The van der Waals surface area contributed by atoms with E-state index in [4.69, 9.17) is 19.2 Å². The highest BCUT2D eigenvalue weighted by molar-refractivity contribution is 7.98. The molecule has 1 aromatic heterocycles. The summed E-state index contributed by atoms with van der Waals surface area (Å²) in [6.07, 6.45) is 2.53. The van der Waals surface area contributed by atoms with E-state index in [-0.39, 0.29) is 23.9 Å². The second-order valence-corrected chi connectivity index (χ2v) is 10.7. The lowest BCUT2D eigenvalue weighted by molar-refractivity contribution is -0.384. The number of nitro groups is 1. The lowest BCUT2D eigenvalue weighted by Gasteiger charge is -2.14. The van der Waals surface area contributed by atoms with E-state index in [0.717, 1.165) is 23.3 Å². The molecule has 0 aliphatic carbocycles. The van der Waals surface area contributed by atoms with Crippen LogP contribution in [-0.4, -0.2) is 34.3 Å². The van der Waals surface area contributed by atoms with Gasteiger partial charge in [0.1, 0.15) is 5.75 Å². The number of carbonyl (C=O) groups excluding carboxylic acids is 1. The number of aromatic nitrogens is 2. The molecule has 0 atom stereocenters. The van der Waals surface area contributed by atoms with Crippen molar-refractivity contribution >= 4 is 34.3 Å². The molecular formula is C30H30N4O7S. The van der Waals surface area contributed by atoms with Crippen molar-refractivity contribution < 1.29 is 23.9 Å². The quantitative estimate of drug-likeness (QED) is 0.0732. The van der Waals surface area contributed by atoms with Gasteiger partial charge >= 0.3 is 0 Å². The van der Waals surface area contributed by atoms with Crippen molar-refractivity contribution in [1.29, 1.82) is 0 Å². The molecule has 1 aliphatic rings. The molecule has 4 aromatic rings. The molecule has 5 rings (SSSR count). The SMILES string of the molecule is COc1ccc(CNC(=O)CCCCCn2c(SCc3ccc([N+](=O)[O-])cc3)nc3cc4c(cc3c2=O)OCO4)cc1. The summed E-state index contributed by atoms with van der Waals surface area (Å²) in [6.45, 7) is 0.982. The molecule has 42 heavy (non-hydrogen) atoms. The minimum atomic E-state index is -0.436. The van der Waals surface area contributed by atoms with E-state index >= 15 is 0 Å². The van der Waals surface area contributed by atoms with Gasteiger partial charge in [-0.3, -0.25) is 24.3 Å². The minimum Gasteiger partial charge on any atom is -0.497 e. The number of nitrogens with zero attached hydrogens (tertiary/aromatic N) is 3. The van der Waals surface area contributed by atoms with Gasteiger partial charge in [-0.25, -0.2) is 4.98 Å². The normalized spacial score (nSPS) is 11.9. The summed E-state index contributed by atoms with van der Waals surface area (Å²) in [5, 5.41) is 14.9. The molecule has 218 valence electrons. The first-order valence-corrected chi connectivity index (χ1v) is 14.5. The van der Waals surface area contributed by atoms with Gasteiger partial charge in [0.15, 0.2) is 16.7 Å². The van der Waals surface area contributed by atoms with Crippen molar-refractivity contribution in [1.82, 2.24) is 14.9 Å². The standard InChI is InChI=1S/C30H30N4O7S/c1-39-23-12-8-20(9-13-23)17-31-28(35)5-3-2-4-14-33-29(36)24-15-26-27(41-19-40-26)16-25(24)32-30(33)42-18-21-6-10-22(11-7-21)34(37)38/h6-13,15-16H,2-5,14,17-19H2,1H3,(H,31,35). The second kappa shape index (κ2) is 13.4. The lowest BCUT2D eigenvalue weighted by atomic mass is 10.1. The Balaban J connectivity index is 1.21. The molecule has 0 unspecified atom stereocenters. The van der Waals surface area contributed by atoms with Crippen LogP contribution in [0.4, 0.5) is 5.69 Å². The number of hydrogen-bond donors (Lipinski definition) is 1. The molecule has 0 spiro atoms. The van der Waals surface area contributed by atoms with Crippen LogP contribution in [0.1, 0.15) is 36.8 Å². The van der Waals surface area contributed by atoms with Crippen molar-refractivity contribution in [2.45, 2.75) is 49.7 Å². The molecule has 1 aliphatic heterocycles. The first kappa shape index (κ1) is 28.9. The molecule has 1 N–H and O–H groups in total. The summed E-state index contributed by atoms with van der Waals surface area (Å²) in [5.41, 5.74) is 2.23. The van der Waals surface area contributed by atoms with Crippen molar-refractivity contribution in [2.75, 3.05) is 13.9 Å². The maximum absolute atomic E-state index is 13.6. The largest absolute Gasteiger partial charge is 0.497 e. The minimum absolute atomic E-state index is 0.0224. The fourth-order valence-corrected chi connectivity index (χ4v) is 5.51. The van der Waals surface area contributed by atoms with Crippen molar-refractivity contribution in [3.8, 4) is 17.2 Å². The average molecular weight is 591 g/mol. The summed E-state index contributed by atoms with van der Waals surface area (Å²) in [7, 11) is 1.61. The molecule has 0 saturated heterocycles. The highest BCUT2D eigenvalue weighted by Gasteiger charge is 2.19. The number of carbonyl (C=O) groups is 1. The third-order valence-electron chi connectivity index (χ3n) is 6.86. The molecule has 3 aromatic carbocycles. The smallest absolute Gasteiger partial charge is 0.269 e. The lowest BCUT2D eigenvalue weighted by Crippen LogP contribution is -2.24. The van der Waals surface area contributed by atoms with E-state index in [1.807, 2.05) is 24.3 Å². The van der Waals surface area contributed by atoms with Gasteiger partial charge in [0.25, 0.3) is 11.2 Å². The predicted molar refractivity (Wildman–Crippen MR) is 158 cm³/mol. The Labute approximate surface area is 246 Å². The molecule has 12 heteroatoms. The van der Waals surface area contributed by atoms with Crippen LogP contribution < -0.4 is 25.1 Å².